The third kappa shape index (κ3) is 4.29. The van der Waals surface area contributed by atoms with E-state index in [-0.39, 0.29) is 6.10 Å². The molecule has 4 heteroatoms. The molecule has 1 fully saturated rings. The molecule has 1 aromatic rings. The molecular weight excluding hydrogens is 228 g/mol. The molecule has 0 spiro atoms. The molecule has 1 heterocycles. The molecule has 1 aliphatic rings. The van der Waals surface area contributed by atoms with Crippen molar-refractivity contribution in [2.75, 3.05) is 46.4 Å². The van der Waals surface area contributed by atoms with Crippen molar-refractivity contribution in [2.45, 2.75) is 6.10 Å². The van der Waals surface area contributed by atoms with Gasteiger partial charge in [0.05, 0.1) is 7.05 Å². The minimum absolute atomic E-state index is 0.376. The molecule has 1 atom stereocenters. The zero-order valence-electron chi connectivity index (χ0n) is 11.1. The minimum atomic E-state index is -0.376. The van der Waals surface area contributed by atoms with Crippen molar-refractivity contribution in [1.82, 2.24) is 0 Å². The van der Waals surface area contributed by atoms with Crippen LogP contribution in [0.1, 0.15) is 0 Å². The summed E-state index contributed by atoms with van der Waals surface area (Å²) in [6.07, 6.45) is -0.376. The molecule has 0 amide bonds. The third-order valence-electron chi connectivity index (χ3n) is 3.52. The maximum atomic E-state index is 9.98. The van der Waals surface area contributed by atoms with Crippen LogP contribution in [0.5, 0.6) is 5.75 Å². The Balaban J connectivity index is 1.67. The molecule has 2 rings (SSSR count). The van der Waals surface area contributed by atoms with Crippen molar-refractivity contribution in [3.8, 4) is 5.75 Å². The Hall–Kier alpha value is -1.10. The summed E-state index contributed by atoms with van der Waals surface area (Å²) in [6.45, 7) is 5.86. The van der Waals surface area contributed by atoms with E-state index in [2.05, 4.69) is 7.05 Å². The van der Waals surface area contributed by atoms with Gasteiger partial charge in [0.2, 0.25) is 0 Å². The number of para-hydroxylation sites is 1. The van der Waals surface area contributed by atoms with Crippen molar-refractivity contribution >= 4 is 0 Å². The first-order chi connectivity index (χ1) is 8.74. The molecule has 1 unspecified atom stereocenters. The van der Waals surface area contributed by atoms with E-state index in [4.69, 9.17) is 4.74 Å². The minimum Gasteiger partial charge on any atom is -0.491 e. The van der Waals surface area contributed by atoms with Gasteiger partial charge in [-0.15, -0.1) is 0 Å². The second-order valence-electron chi connectivity index (χ2n) is 5.19. The highest BCUT2D eigenvalue weighted by Gasteiger charge is 2.22. The zero-order valence-corrected chi connectivity index (χ0v) is 11.1. The van der Waals surface area contributed by atoms with Gasteiger partial charge in [-0.1, -0.05) is 18.2 Å². The Morgan fingerprint density at radius 1 is 1.17 bits per heavy atom. The summed E-state index contributed by atoms with van der Waals surface area (Å²) >= 11 is 0. The molecular formula is C14H24N2O2+2. The average Bonchev–Trinajstić information content (AvgIpc) is 2.40. The van der Waals surface area contributed by atoms with Crippen molar-refractivity contribution in [2.24, 2.45) is 0 Å². The van der Waals surface area contributed by atoms with Gasteiger partial charge in [0.15, 0.2) is 0 Å². The van der Waals surface area contributed by atoms with Gasteiger partial charge in [-0.05, 0) is 12.1 Å². The van der Waals surface area contributed by atoms with Gasteiger partial charge in [-0.3, -0.25) is 0 Å². The van der Waals surface area contributed by atoms with Crippen LogP contribution in [-0.4, -0.2) is 57.6 Å². The number of hydrogen-bond donors (Lipinski definition) is 3. The molecule has 1 aromatic carbocycles. The van der Waals surface area contributed by atoms with E-state index in [0.717, 1.165) is 25.4 Å². The van der Waals surface area contributed by atoms with Crippen LogP contribution in [-0.2, 0) is 0 Å². The number of aliphatic hydroxyl groups is 1. The van der Waals surface area contributed by atoms with E-state index in [0.29, 0.717) is 6.61 Å². The summed E-state index contributed by atoms with van der Waals surface area (Å²) < 4.78 is 5.56. The van der Waals surface area contributed by atoms with Gasteiger partial charge in [0.1, 0.15) is 51.2 Å². The largest absolute Gasteiger partial charge is 0.491 e. The predicted molar refractivity (Wildman–Crippen MR) is 70.1 cm³/mol. The monoisotopic (exact) mass is 252 g/mol. The lowest BCUT2D eigenvalue weighted by Gasteiger charge is -2.28. The van der Waals surface area contributed by atoms with Crippen LogP contribution in [0.2, 0.25) is 0 Å². The first-order valence-corrected chi connectivity index (χ1v) is 6.75. The van der Waals surface area contributed by atoms with Crippen molar-refractivity contribution in [3.63, 3.8) is 0 Å². The average molecular weight is 252 g/mol. The summed E-state index contributed by atoms with van der Waals surface area (Å²) in [5.74, 6) is 0.828. The van der Waals surface area contributed by atoms with E-state index in [1.54, 1.807) is 4.90 Å². The van der Waals surface area contributed by atoms with Gasteiger partial charge in [0.25, 0.3) is 0 Å². The van der Waals surface area contributed by atoms with Crippen LogP contribution in [0.4, 0.5) is 0 Å². The maximum Gasteiger partial charge on any atom is 0.137 e. The van der Waals surface area contributed by atoms with Crippen LogP contribution < -0.4 is 14.5 Å². The molecule has 1 aliphatic heterocycles. The predicted octanol–water partition coefficient (Wildman–Crippen LogP) is -2.16. The molecule has 18 heavy (non-hydrogen) atoms. The molecule has 0 saturated carbocycles. The topological polar surface area (TPSA) is 38.3 Å². The van der Waals surface area contributed by atoms with Gasteiger partial charge in [-0.2, -0.15) is 0 Å². The number of ether oxygens (including phenoxy) is 1. The number of likely N-dealkylation sites (N-methyl/N-ethyl adjacent to an activating group) is 1. The first kappa shape index (κ1) is 13.3. The number of aliphatic hydroxyl groups excluding tert-OH is 1. The summed E-state index contributed by atoms with van der Waals surface area (Å²) in [4.78, 5) is 3.08. The normalized spacial score (nSPS) is 25.7. The fraction of sp³-hybridized carbons (Fsp3) is 0.571. The number of hydrogen-bond acceptors (Lipinski definition) is 2. The summed E-state index contributed by atoms with van der Waals surface area (Å²) in [5.41, 5.74) is 0. The van der Waals surface area contributed by atoms with Crippen LogP contribution >= 0.6 is 0 Å². The molecule has 4 nitrogen and oxygen atoms in total. The fourth-order valence-corrected chi connectivity index (χ4v) is 2.34. The van der Waals surface area contributed by atoms with E-state index >= 15 is 0 Å². The smallest absolute Gasteiger partial charge is 0.137 e. The summed E-state index contributed by atoms with van der Waals surface area (Å²) in [5, 5.41) is 9.98. The lowest BCUT2D eigenvalue weighted by atomic mass is 10.3. The number of rotatable bonds is 5. The Bertz CT molecular complexity index is 337. The third-order valence-corrected chi connectivity index (χ3v) is 3.52. The zero-order chi connectivity index (χ0) is 12.8. The van der Waals surface area contributed by atoms with Crippen molar-refractivity contribution in [3.05, 3.63) is 30.3 Å². The van der Waals surface area contributed by atoms with E-state index in [9.17, 15) is 5.11 Å². The van der Waals surface area contributed by atoms with Crippen LogP contribution in [0.15, 0.2) is 30.3 Å². The van der Waals surface area contributed by atoms with Crippen LogP contribution in [0.3, 0.4) is 0 Å². The van der Waals surface area contributed by atoms with E-state index in [1.807, 2.05) is 30.3 Å². The Kier molecular flexibility index (Phi) is 4.99. The van der Waals surface area contributed by atoms with E-state index in [1.165, 1.54) is 18.0 Å². The molecule has 100 valence electrons. The number of piperazine rings is 1. The highest BCUT2D eigenvalue weighted by Crippen LogP contribution is 2.08. The van der Waals surface area contributed by atoms with Gasteiger partial charge in [0, 0.05) is 0 Å². The molecule has 0 aliphatic carbocycles. The second-order valence-corrected chi connectivity index (χ2v) is 5.19. The molecule has 1 saturated heterocycles. The first-order valence-electron chi connectivity index (χ1n) is 6.75. The number of nitrogens with one attached hydrogen (secondary N) is 2. The Morgan fingerprint density at radius 2 is 1.83 bits per heavy atom. The van der Waals surface area contributed by atoms with Crippen LogP contribution in [0, 0.1) is 0 Å². The Labute approximate surface area is 109 Å². The van der Waals surface area contributed by atoms with Crippen molar-refractivity contribution < 1.29 is 19.6 Å². The number of benzene rings is 1. The Morgan fingerprint density at radius 3 is 2.50 bits per heavy atom. The molecule has 0 aromatic heterocycles. The summed E-state index contributed by atoms with van der Waals surface area (Å²) in [6, 6.07) is 9.67. The highest BCUT2D eigenvalue weighted by molar-refractivity contribution is 5.20. The lowest BCUT2D eigenvalue weighted by Crippen LogP contribution is -3.27. The standard InChI is InChI=1S/C14H22N2O2/c1-15-7-9-16(10-8-15)11-13(17)12-18-14-5-3-2-4-6-14/h2-6,13,17H,7-12H2,1H3/p+2. The molecule has 3 N–H and O–H groups in total. The lowest BCUT2D eigenvalue weighted by molar-refractivity contribution is -1.00. The van der Waals surface area contributed by atoms with Crippen molar-refractivity contribution in [1.29, 1.82) is 0 Å². The number of quaternary nitrogens is 2. The highest BCUT2D eigenvalue weighted by atomic mass is 16.5. The second kappa shape index (κ2) is 6.73. The van der Waals surface area contributed by atoms with Gasteiger partial charge < -0.3 is 19.6 Å². The fourth-order valence-electron chi connectivity index (χ4n) is 2.34. The van der Waals surface area contributed by atoms with E-state index < -0.39 is 0 Å². The SMILES string of the molecule is C[NH+]1CC[NH+](CC(O)COc2ccccc2)CC1. The molecule has 0 radical (unpaired) electrons. The maximum absolute atomic E-state index is 9.98. The molecule has 0 bridgehead atoms. The van der Waals surface area contributed by atoms with Gasteiger partial charge in [-0.25, -0.2) is 0 Å². The summed E-state index contributed by atoms with van der Waals surface area (Å²) in [7, 11) is 2.23. The van der Waals surface area contributed by atoms with Gasteiger partial charge >= 0.3 is 0 Å². The van der Waals surface area contributed by atoms with Crippen LogP contribution in [0.25, 0.3) is 0 Å². The quantitative estimate of drug-likeness (QED) is 0.558.